The van der Waals surface area contributed by atoms with Gasteiger partial charge in [-0.2, -0.15) is 4.31 Å². The van der Waals surface area contributed by atoms with E-state index >= 15 is 0 Å². The van der Waals surface area contributed by atoms with Crippen molar-refractivity contribution in [2.75, 3.05) is 12.8 Å². The van der Waals surface area contributed by atoms with Gasteiger partial charge in [0.15, 0.2) is 10.8 Å². The van der Waals surface area contributed by atoms with Gasteiger partial charge in [-0.1, -0.05) is 13.0 Å². The van der Waals surface area contributed by atoms with E-state index in [2.05, 4.69) is 4.98 Å². The van der Waals surface area contributed by atoms with Crippen molar-refractivity contribution < 1.29 is 8.42 Å². The highest BCUT2D eigenvalue weighted by atomic mass is 32.2. The summed E-state index contributed by atoms with van der Waals surface area (Å²) in [6.45, 7) is 5.71. The van der Waals surface area contributed by atoms with E-state index in [1.54, 1.807) is 31.4 Å². The average molecular weight is 296 g/mol. The Hall–Kier alpha value is -1.60. The molecule has 0 atom stereocenters. The summed E-state index contributed by atoms with van der Waals surface area (Å²) < 4.78 is 28.5. The van der Waals surface area contributed by atoms with E-state index in [-0.39, 0.29) is 10.8 Å². The number of fused-ring (bicyclic) bond motifs is 1. The molecule has 2 N–H and O–H groups in total. The van der Waals surface area contributed by atoms with Gasteiger partial charge in [-0.05, 0) is 32.4 Å². The van der Waals surface area contributed by atoms with Crippen LogP contribution >= 0.6 is 0 Å². The summed E-state index contributed by atoms with van der Waals surface area (Å²) in [4.78, 5) is 4.10. The second-order valence-corrected chi connectivity index (χ2v) is 7.25. The number of anilines is 1. The molecular formula is C13H20N4O2S. The van der Waals surface area contributed by atoms with Crippen LogP contribution in [0.1, 0.15) is 27.2 Å². The van der Waals surface area contributed by atoms with Gasteiger partial charge in [-0.25, -0.2) is 13.4 Å². The van der Waals surface area contributed by atoms with E-state index in [9.17, 15) is 8.42 Å². The summed E-state index contributed by atoms with van der Waals surface area (Å²) in [6.07, 6.45) is 2.34. The number of imidazole rings is 1. The van der Waals surface area contributed by atoms with Crippen molar-refractivity contribution >= 4 is 21.5 Å². The van der Waals surface area contributed by atoms with Crippen LogP contribution in [-0.4, -0.2) is 34.7 Å². The average Bonchev–Trinajstić information content (AvgIpc) is 2.74. The summed E-state index contributed by atoms with van der Waals surface area (Å²) in [5.74, 6) is 0.0231. The van der Waals surface area contributed by atoms with E-state index in [0.29, 0.717) is 12.1 Å². The Morgan fingerprint density at radius 1 is 1.40 bits per heavy atom. The van der Waals surface area contributed by atoms with Gasteiger partial charge in [-0.3, -0.25) is 4.40 Å². The first-order valence-corrected chi connectivity index (χ1v) is 7.87. The molecule has 0 spiro atoms. The van der Waals surface area contributed by atoms with E-state index in [4.69, 9.17) is 5.73 Å². The molecule has 2 aromatic heterocycles. The maximum atomic E-state index is 12.8. The molecule has 2 rings (SSSR count). The molecule has 110 valence electrons. The lowest BCUT2D eigenvalue weighted by Crippen LogP contribution is -2.44. The zero-order valence-corrected chi connectivity index (χ0v) is 13.0. The number of aromatic nitrogens is 2. The maximum absolute atomic E-state index is 12.8. The van der Waals surface area contributed by atoms with Crippen LogP contribution < -0.4 is 5.73 Å². The molecule has 6 nitrogen and oxygen atoms in total. The fourth-order valence-corrected chi connectivity index (χ4v) is 3.68. The molecule has 0 saturated heterocycles. The molecule has 0 amide bonds. The zero-order valence-electron chi connectivity index (χ0n) is 12.2. The number of hydrogen-bond acceptors (Lipinski definition) is 4. The van der Waals surface area contributed by atoms with Crippen LogP contribution in [-0.2, 0) is 10.0 Å². The number of pyridine rings is 1. The van der Waals surface area contributed by atoms with Crippen LogP contribution in [0.4, 0.5) is 5.82 Å². The van der Waals surface area contributed by atoms with Gasteiger partial charge in [0.2, 0.25) is 0 Å². The van der Waals surface area contributed by atoms with E-state index in [1.807, 2.05) is 20.8 Å². The topological polar surface area (TPSA) is 80.7 Å². The molecule has 0 radical (unpaired) electrons. The van der Waals surface area contributed by atoms with E-state index < -0.39 is 15.6 Å². The molecule has 0 aliphatic rings. The molecule has 0 aliphatic carbocycles. The lowest BCUT2D eigenvalue weighted by atomic mass is 10.0. The van der Waals surface area contributed by atoms with Crippen molar-refractivity contribution in [3.8, 4) is 0 Å². The van der Waals surface area contributed by atoms with Crippen LogP contribution in [0.25, 0.3) is 5.65 Å². The minimum absolute atomic E-state index is 0.0231. The van der Waals surface area contributed by atoms with E-state index in [0.717, 1.165) is 0 Å². The Labute approximate surface area is 119 Å². The van der Waals surface area contributed by atoms with Gasteiger partial charge in [0.25, 0.3) is 10.0 Å². The summed E-state index contributed by atoms with van der Waals surface area (Å²) in [5, 5.41) is 0.0251. The lowest BCUT2D eigenvalue weighted by molar-refractivity contribution is 0.256. The third-order valence-corrected chi connectivity index (χ3v) is 5.94. The Morgan fingerprint density at radius 3 is 2.65 bits per heavy atom. The lowest BCUT2D eigenvalue weighted by Gasteiger charge is -2.33. The number of nitrogens with two attached hydrogens (primary N) is 1. The Morgan fingerprint density at radius 2 is 2.05 bits per heavy atom. The molecule has 2 heterocycles. The van der Waals surface area contributed by atoms with Crippen LogP contribution in [0.2, 0.25) is 0 Å². The fourth-order valence-electron chi connectivity index (χ4n) is 1.93. The zero-order chi connectivity index (χ0) is 15.1. The molecule has 2 aromatic rings. The highest BCUT2D eigenvalue weighted by Gasteiger charge is 2.36. The van der Waals surface area contributed by atoms with Crippen LogP contribution in [0.5, 0.6) is 0 Å². The molecule has 0 fully saturated rings. The molecule has 7 heteroatoms. The van der Waals surface area contributed by atoms with Gasteiger partial charge in [0.05, 0.1) is 0 Å². The SMILES string of the molecule is CCC(C)(C)N(C)S(=O)(=O)c1c(N)nc2ccccn12. The molecule has 0 unspecified atom stereocenters. The Bertz CT molecular complexity index is 734. The molecule has 0 saturated carbocycles. The third kappa shape index (κ3) is 2.16. The second-order valence-electron chi connectivity index (χ2n) is 5.37. The van der Waals surface area contributed by atoms with Gasteiger partial charge in [-0.15, -0.1) is 0 Å². The first kappa shape index (κ1) is 14.8. The van der Waals surface area contributed by atoms with Crippen LogP contribution in [0.15, 0.2) is 29.4 Å². The Kier molecular flexibility index (Phi) is 3.51. The molecule has 20 heavy (non-hydrogen) atoms. The standard InChI is InChI=1S/C13H20N4O2S/c1-5-13(2,3)16(4)20(18,19)12-11(14)15-10-8-6-7-9-17(10)12/h6-9H,5,14H2,1-4H3. The quantitative estimate of drug-likeness (QED) is 0.931. The molecular weight excluding hydrogens is 276 g/mol. The second kappa shape index (κ2) is 4.75. The number of hydrogen-bond donors (Lipinski definition) is 1. The predicted octanol–water partition coefficient (Wildman–Crippen LogP) is 1.73. The monoisotopic (exact) mass is 296 g/mol. The minimum atomic E-state index is -3.71. The van der Waals surface area contributed by atoms with E-state index in [1.165, 1.54) is 8.71 Å². The van der Waals surface area contributed by atoms with Crippen molar-refractivity contribution in [1.29, 1.82) is 0 Å². The summed E-state index contributed by atoms with van der Waals surface area (Å²) in [6, 6.07) is 5.26. The highest BCUT2D eigenvalue weighted by Crippen LogP contribution is 2.28. The van der Waals surface area contributed by atoms with Crippen LogP contribution in [0.3, 0.4) is 0 Å². The van der Waals surface area contributed by atoms with Gasteiger partial charge in [0.1, 0.15) is 5.65 Å². The van der Waals surface area contributed by atoms with Gasteiger partial charge < -0.3 is 5.73 Å². The first-order valence-electron chi connectivity index (χ1n) is 6.43. The van der Waals surface area contributed by atoms with Crippen molar-refractivity contribution in [2.45, 2.75) is 37.8 Å². The predicted molar refractivity (Wildman–Crippen MR) is 78.9 cm³/mol. The van der Waals surface area contributed by atoms with Gasteiger partial charge in [0, 0.05) is 18.8 Å². The maximum Gasteiger partial charge on any atom is 0.263 e. The summed E-state index contributed by atoms with van der Waals surface area (Å²) in [5.41, 5.74) is 5.85. The number of sulfonamides is 1. The van der Waals surface area contributed by atoms with Crippen LogP contribution in [0, 0.1) is 0 Å². The van der Waals surface area contributed by atoms with Crippen molar-refractivity contribution in [1.82, 2.24) is 13.7 Å². The Balaban J connectivity index is 2.67. The molecule has 0 aliphatic heterocycles. The number of nitrogens with zero attached hydrogens (tertiary/aromatic N) is 3. The van der Waals surface area contributed by atoms with Crippen molar-refractivity contribution in [2.24, 2.45) is 0 Å². The summed E-state index contributed by atoms with van der Waals surface area (Å²) in [7, 11) is -2.14. The third-order valence-electron chi connectivity index (χ3n) is 3.83. The fraction of sp³-hybridized carbons (Fsp3) is 0.462. The van der Waals surface area contributed by atoms with Crippen molar-refractivity contribution in [3.63, 3.8) is 0 Å². The molecule has 0 aromatic carbocycles. The van der Waals surface area contributed by atoms with Crippen molar-refractivity contribution in [3.05, 3.63) is 24.4 Å². The highest BCUT2D eigenvalue weighted by molar-refractivity contribution is 7.89. The number of rotatable bonds is 4. The summed E-state index contributed by atoms with van der Waals surface area (Å²) >= 11 is 0. The van der Waals surface area contributed by atoms with Gasteiger partial charge >= 0.3 is 0 Å². The molecule has 0 bridgehead atoms. The minimum Gasteiger partial charge on any atom is -0.381 e. The normalized spacial score (nSPS) is 13.2. The largest absolute Gasteiger partial charge is 0.381 e. The smallest absolute Gasteiger partial charge is 0.263 e. The first-order chi connectivity index (χ1) is 9.21. The number of nitrogen functional groups attached to an aromatic ring is 1.